The molecular weight excluding hydrogens is 444 g/mol. The van der Waals surface area contributed by atoms with Gasteiger partial charge in [0.25, 0.3) is 0 Å². The Morgan fingerprint density at radius 3 is 2.00 bits per heavy atom. The third-order valence-corrected chi connectivity index (χ3v) is 6.43. The Morgan fingerprint density at radius 2 is 1.47 bits per heavy atom. The Bertz CT molecular complexity index is 1030. The molecule has 178 valence electrons. The van der Waals surface area contributed by atoms with E-state index in [2.05, 4.69) is 5.32 Å². The first-order valence-corrected chi connectivity index (χ1v) is 12.2. The number of halogens is 1. The highest BCUT2D eigenvalue weighted by Gasteiger charge is 2.29. The van der Waals surface area contributed by atoms with Gasteiger partial charge in [-0.15, -0.1) is 0 Å². The van der Waals surface area contributed by atoms with Crippen LogP contribution in [0.15, 0.2) is 84.9 Å². The van der Waals surface area contributed by atoms with E-state index in [0.29, 0.717) is 11.6 Å². The molecule has 3 aromatic rings. The van der Waals surface area contributed by atoms with E-state index in [4.69, 9.17) is 11.6 Å². The number of hydrogen-bond donors (Lipinski definition) is 1. The van der Waals surface area contributed by atoms with Gasteiger partial charge in [-0.3, -0.25) is 9.59 Å². The van der Waals surface area contributed by atoms with E-state index in [0.717, 1.165) is 23.1 Å². The molecule has 0 radical (unpaired) electrons. The second-order valence-corrected chi connectivity index (χ2v) is 9.16. The molecule has 3 rings (SSSR count). The maximum atomic E-state index is 13.8. The zero-order valence-electron chi connectivity index (χ0n) is 20.1. The van der Waals surface area contributed by atoms with Crippen molar-refractivity contribution in [2.45, 2.75) is 58.2 Å². The summed E-state index contributed by atoms with van der Waals surface area (Å²) in [5.74, 6) is -0.341. The Morgan fingerprint density at radius 1 is 0.882 bits per heavy atom. The largest absolute Gasteiger partial charge is 0.352 e. The minimum Gasteiger partial charge on any atom is -0.352 e. The summed E-state index contributed by atoms with van der Waals surface area (Å²) in [5, 5.41) is 3.62. The minimum absolute atomic E-state index is 0.0412. The molecule has 2 amide bonds. The molecule has 34 heavy (non-hydrogen) atoms. The Hall–Kier alpha value is -3.11. The average Bonchev–Trinajstić information content (AvgIpc) is 2.86. The van der Waals surface area contributed by atoms with Crippen molar-refractivity contribution in [3.63, 3.8) is 0 Å². The van der Waals surface area contributed by atoms with Crippen LogP contribution in [0.1, 0.15) is 56.2 Å². The first-order chi connectivity index (χ1) is 16.4. The summed E-state index contributed by atoms with van der Waals surface area (Å²) in [6.45, 7) is 6.09. The molecule has 0 aromatic heterocycles. The Labute approximate surface area is 207 Å². The molecule has 0 aliphatic heterocycles. The molecule has 0 saturated heterocycles. The van der Waals surface area contributed by atoms with Crippen LogP contribution in [0.3, 0.4) is 0 Å². The maximum Gasteiger partial charge on any atom is 0.242 e. The number of nitrogens with zero attached hydrogens (tertiary/aromatic N) is 1. The molecule has 0 aliphatic rings. The zero-order chi connectivity index (χ0) is 24.5. The lowest BCUT2D eigenvalue weighted by Gasteiger charge is -2.31. The molecule has 0 aliphatic carbocycles. The van der Waals surface area contributed by atoms with E-state index < -0.39 is 6.04 Å². The van der Waals surface area contributed by atoms with Gasteiger partial charge in [0.2, 0.25) is 11.8 Å². The topological polar surface area (TPSA) is 49.4 Å². The molecule has 5 heteroatoms. The highest BCUT2D eigenvalue weighted by atomic mass is 35.5. The van der Waals surface area contributed by atoms with Crippen LogP contribution >= 0.6 is 11.6 Å². The lowest BCUT2D eigenvalue weighted by molar-refractivity contribution is -0.141. The monoisotopic (exact) mass is 476 g/mol. The highest BCUT2D eigenvalue weighted by Crippen LogP contribution is 2.29. The van der Waals surface area contributed by atoms with Crippen molar-refractivity contribution in [3.8, 4) is 0 Å². The van der Waals surface area contributed by atoms with Crippen molar-refractivity contribution in [2.24, 2.45) is 0 Å². The van der Waals surface area contributed by atoms with E-state index in [1.807, 2.05) is 92.7 Å². The molecule has 0 spiro atoms. The number of carbonyl (C=O) groups excluding carboxylic acids is 2. The van der Waals surface area contributed by atoms with Gasteiger partial charge in [-0.25, -0.2) is 0 Å². The maximum absolute atomic E-state index is 13.8. The molecule has 3 aromatic carbocycles. The zero-order valence-corrected chi connectivity index (χ0v) is 20.8. The van der Waals surface area contributed by atoms with Crippen molar-refractivity contribution in [1.29, 1.82) is 0 Å². The van der Waals surface area contributed by atoms with Crippen LogP contribution in [0, 0.1) is 0 Å². The molecule has 2 atom stereocenters. The lowest BCUT2D eigenvalue weighted by Crippen LogP contribution is -2.49. The van der Waals surface area contributed by atoms with Gasteiger partial charge in [0.1, 0.15) is 6.04 Å². The van der Waals surface area contributed by atoms with Gasteiger partial charge in [-0.1, -0.05) is 91.3 Å². The van der Waals surface area contributed by atoms with Gasteiger partial charge < -0.3 is 10.2 Å². The lowest BCUT2D eigenvalue weighted by atomic mass is 9.88. The number of amides is 2. The van der Waals surface area contributed by atoms with E-state index in [1.165, 1.54) is 0 Å². The van der Waals surface area contributed by atoms with Crippen LogP contribution in [0.25, 0.3) is 0 Å². The Balaban J connectivity index is 1.91. The second-order valence-electron chi connectivity index (χ2n) is 8.72. The summed E-state index contributed by atoms with van der Waals surface area (Å²) in [4.78, 5) is 28.5. The minimum atomic E-state index is -0.618. The number of benzene rings is 3. The smallest absolute Gasteiger partial charge is 0.242 e. The number of rotatable bonds is 10. The van der Waals surface area contributed by atoms with Crippen LogP contribution < -0.4 is 5.32 Å². The van der Waals surface area contributed by atoms with Gasteiger partial charge >= 0.3 is 0 Å². The van der Waals surface area contributed by atoms with E-state index in [1.54, 1.807) is 17.9 Å². The summed E-state index contributed by atoms with van der Waals surface area (Å²) < 4.78 is 0. The molecule has 0 saturated carbocycles. The fourth-order valence-electron chi connectivity index (χ4n) is 3.97. The summed E-state index contributed by atoms with van der Waals surface area (Å²) >= 11 is 6.20. The number of hydrogen-bond acceptors (Lipinski definition) is 2. The first-order valence-electron chi connectivity index (χ1n) is 11.8. The Kier molecular flexibility index (Phi) is 9.29. The third-order valence-electron chi connectivity index (χ3n) is 6.19. The van der Waals surface area contributed by atoms with Crippen LogP contribution in [0.2, 0.25) is 5.02 Å². The van der Waals surface area contributed by atoms with Crippen LogP contribution in [-0.2, 0) is 16.1 Å². The summed E-state index contributed by atoms with van der Waals surface area (Å²) in [5.41, 5.74) is 3.03. The first kappa shape index (κ1) is 25.5. The molecule has 0 heterocycles. The van der Waals surface area contributed by atoms with Gasteiger partial charge in [0.05, 0.1) is 0 Å². The predicted octanol–water partition coefficient (Wildman–Crippen LogP) is 6.19. The predicted molar refractivity (Wildman–Crippen MR) is 139 cm³/mol. The van der Waals surface area contributed by atoms with Crippen molar-refractivity contribution in [1.82, 2.24) is 10.2 Å². The molecular formula is C29H33ClN2O2. The van der Waals surface area contributed by atoms with Crippen molar-refractivity contribution < 1.29 is 9.59 Å². The summed E-state index contributed by atoms with van der Waals surface area (Å²) in [6.07, 6.45) is 1.08. The van der Waals surface area contributed by atoms with Crippen LogP contribution in [0.4, 0.5) is 0 Å². The van der Waals surface area contributed by atoms with Gasteiger partial charge in [-0.2, -0.15) is 0 Å². The highest BCUT2D eigenvalue weighted by molar-refractivity contribution is 6.30. The van der Waals surface area contributed by atoms with E-state index in [-0.39, 0.29) is 30.2 Å². The standard InChI is InChI=1S/C29H33ClN2O2/c1-4-21(2)31-29(34)22(3)32(20-23-12-11-17-26(30)18-23)28(33)19-27(24-13-7-5-8-14-24)25-15-9-6-10-16-25/h5-18,21-22,27H,4,19-20H2,1-3H3,(H,31,34)/t21-,22+/m1/s1. The molecule has 0 unspecified atom stereocenters. The van der Waals surface area contributed by atoms with Crippen LogP contribution in [0.5, 0.6) is 0 Å². The average molecular weight is 477 g/mol. The third kappa shape index (κ3) is 6.94. The SMILES string of the molecule is CC[C@@H](C)NC(=O)[C@H](C)N(Cc1cccc(Cl)c1)C(=O)CC(c1ccccc1)c1ccccc1. The van der Waals surface area contributed by atoms with Crippen molar-refractivity contribution in [2.75, 3.05) is 0 Å². The normalized spacial score (nSPS) is 12.7. The van der Waals surface area contributed by atoms with Crippen LogP contribution in [-0.4, -0.2) is 28.8 Å². The summed E-state index contributed by atoms with van der Waals surface area (Å²) in [6, 6.07) is 26.9. The molecule has 0 fully saturated rings. The fraction of sp³-hybridized carbons (Fsp3) is 0.310. The molecule has 0 bridgehead atoms. The van der Waals surface area contributed by atoms with E-state index >= 15 is 0 Å². The van der Waals surface area contributed by atoms with Gasteiger partial charge in [0, 0.05) is 29.9 Å². The number of carbonyl (C=O) groups is 2. The molecule has 4 nitrogen and oxygen atoms in total. The molecule has 1 N–H and O–H groups in total. The second kappa shape index (κ2) is 12.4. The number of nitrogens with one attached hydrogen (secondary N) is 1. The fourth-order valence-corrected chi connectivity index (χ4v) is 4.18. The van der Waals surface area contributed by atoms with Crippen molar-refractivity contribution >= 4 is 23.4 Å². The summed E-state index contributed by atoms with van der Waals surface area (Å²) in [7, 11) is 0. The van der Waals surface area contributed by atoms with Crippen molar-refractivity contribution in [3.05, 3.63) is 107 Å². The van der Waals surface area contributed by atoms with Gasteiger partial charge in [0.15, 0.2) is 0 Å². The van der Waals surface area contributed by atoms with E-state index in [9.17, 15) is 9.59 Å². The van der Waals surface area contributed by atoms with Gasteiger partial charge in [-0.05, 0) is 49.1 Å². The quantitative estimate of drug-likeness (QED) is 0.379.